The Labute approximate surface area is 185 Å². The molecule has 0 radical (unpaired) electrons. The van der Waals surface area contributed by atoms with Crippen molar-refractivity contribution in [2.45, 2.75) is 44.8 Å². The van der Waals surface area contributed by atoms with Crippen molar-refractivity contribution >= 4 is 36.1 Å². The number of hydrogen-bond acceptors (Lipinski definition) is 1. The van der Waals surface area contributed by atoms with Crippen molar-refractivity contribution in [2.75, 3.05) is 3.80 Å². The van der Waals surface area contributed by atoms with Gasteiger partial charge in [0.15, 0.2) is 0 Å². The van der Waals surface area contributed by atoms with E-state index in [1.807, 2.05) is 0 Å². The van der Waals surface area contributed by atoms with Gasteiger partial charge >= 0.3 is 162 Å². The van der Waals surface area contributed by atoms with E-state index in [2.05, 4.69) is 93.0 Å². The van der Waals surface area contributed by atoms with E-state index in [0.29, 0.717) is 0 Å². The van der Waals surface area contributed by atoms with E-state index in [1.165, 1.54) is 39.1 Å². The zero-order chi connectivity index (χ0) is 18.0. The molecule has 0 heterocycles. The molecule has 0 aromatic heterocycles. The van der Waals surface area contributed by atoms with Crippen LogP contribution in [-0.4, -0.2) is 0 Å². The van der Waals surface area contributed by atoms with Crippen molar-refractivity contribution in [2.24, 2.45) is 0 Å². The van der Waals surface area contributed by atoms with E-state index in [1.54, 1.807) is 0 Å². The average Bonchev–Trinajstić information content (AvgIpc) is 2.88. The minimum absolute atomic E-state index is 0. The van der Waals surface area contributed by atoms with Crippen LogP contribution in [0.25, 0.3) is 5.57 Å². The second-order valence-electron chi connectivity index (χ2n) is 7.47. The van der Waals surface area contributed by atoms with Gasteiger partial charge in [0.1, 0.15) is 0 Å². The van der Waals surface area contributed by atoms with Gasteiger partial charge in [-0.15, -0.1) is 24.8 Å². The van der Waals surface area contributed by atoms with Crippen molar-refractivity contribution in [3.05, 3.63) is 82.4 Å². The summed E-state index contributed by atoms with van der Waals surface area (Å²) in [7, 11) is 0. The normalized spacial score (nSPS) is 13.8. The third kappa shape index (κ3) is 5.30. The molecule has 0 spiro atoms. The smallest absolute Gasteiger partial charge is 0.147 e. The molecule has 4 heteroatoms. The molecule has 0 atom stereocenters. The van der Waals surface area contributed by atoms with Gasteiger partial charge in [0.25, 0.3) is 0 Å². The summed E-state index contributed by atoms with van der Waals surface area (Å²) in [5.41, 5.74) is 10.1. The van der Waals surface area contributed by atoms with Crippen molar-refractivity contribution in [3.8, 4) is 0 Å². The second-order valence-corrected chi connectivity index (χ2v) is 10.2. The Kier molecular flexibility index (Phi) is 8.89. The third-order valence-electron chi connectivity index (χ3n) is 5.32. The van der Waals surface area contributed by atoms with Crippen molar-refractivity contribution < 1.29 is 19.4 Å². The van der Waals surface area contributed by atoms with E-state index in [0.717, 1.165) is 6.42 Å². The van der Waals surface area contributed by atoms with Gasteiger partial charge in [0.05, 0.1) is 0 Å². The standard InChI is InChI=1S/C17H21.C6H6N.2ClH.Ti/c1-11(2)15-8-6-7-9-16(15)17-10-12(3)13(4)14(17)5;7-6-4-2-1-3-5-6;;;/h6-9H,10H2,1-5H3;1-5,7H;2*1H;/q;-1;;;+1. The summed E-state index contributed by atoms with van der Waals surface area (Å²) in [6.07, 6.45) is 1.09. The van der Waals surface area contributed by atoms with Crippen molar-refractivity contribution in [1.82, 2.24) is 0 Å². The molecule has 2 aromatic carbocycles. The summed E-state index contributed by atoms with van der Waals surface area (Å²) in [5.74, 6) is 0. The molecule has 144 valence electrons. The number of para-hydroxylation sites is 1. The van der Waals surface area contributed by atoms with E-state index in [-0.39, 0.29) is 28.5 Å². The minimum Gasteiger partial charge on any atom is -0.147 e. The molecular weight excluding hydrogens is 409 g/mol. The maximum absolute atomic E-state index is 3.73. The Bertz CT molecular complexity index is 838. The van der Waals surface area contributed by atoms with Crippen LogP contribution in [0, 0.1) is 0 Å². The second kappa shape index (κ2) is 9.98. The van der Waals surface area contributed by atoms with Gasteiger partial charge in [0.2, 0.25) is 0 Å². The molecule has 0 saturated carbocycles. The SMILES string of the molecule is CC1=C(C)C(C)=C(c2ccccc2[C](C)(C)[Ti][NH]c2ccccc2)C1.Cl.Cl. The quantitative estimate of drug-likeness (QED) is 0.480. The number of halogens is 2. The fraction of sp³-hybridized carbons (Fsp3) is 0.304. The Hall–Kier alpha value is -0.986. The monoisotopic (exact) mass is 437 g/mol. The van der Waals surface area contributed by atoms with Crippen molar-refractivity contribution in [1.29, 1.82) is 0 Å². The van der Waals surface area contributed by atoms with Crippen LogP contribution in [-0.2, 0) is 23.1 Å². The molecule has 3 rings (SSSR count). The molecular formula is C23H29Cl2NTi. The number of allylic oxidation sites excluding steroid dienone is 4. The van der Waals surface area contributed by atoms with Gasteiger partial charge < -0.3 is 0 Å². The summed E-state index contributed by atoms with van der Waals surface area (Å²) in [4.78, 5) is 0. The summed E-state index contributed by atoms with van der Waals surface area (Å²) in [5, 5.41) is 0. The molecule has 0 fully saturated rings. The van der Waals surface area contributed by atoms with Crippen LogP contribution in [0.5, 0.6) is 0 Å². The van der Waals surface area contributed by atoms with Crippen LogP contribution in [0.1, 0.15) is 52.2 Å². The van der Waals surface area contributed by atoms with Gasteiger partial charge in [0, 0.05) is 0 Å². The topological polar surface area (TPSA) is 12.0 Å². The summed E-state index contributed by atoms with van der Waals surface area (Å²) < 4.78 is 3.90. The summed E-state index contributed by atoms with van der Waals surface area (Å²) in [6, 6.07) is 19.6. The first kappa shape index (κ1) is 24.1. The molecule has 0 aliphatic heterocycles. The van der Waals surface area contributed by atoms with E-state index in [4.69, 9.17) is 0 Å². The van der Waals surface area contributed by atoms with Crippen LogP contribution < -0.4 is 3.80 Å². The Morgan fingerprint density at radius 2 is 1.41 bits per heavy atom. The van der Waals surface area contributed by atoms with E-state index in [9.17, 15) is 0 Å². The van der Waals surface area contributed by atoms with Crippen LogP contribution in [0.15, 0.2) is 71.3 Å². The molecule has 27 heavy (non-hydrogen) atoms. The van der Waals surface area contributed by atoms with Gasteiger partial charge in [-0.25, -0.2) is 0 Å². The van der Waals surface area contributed by atoms with Crippen LogP contribution in [0.2, 0.25) is 0 Å². The van der Waals surface area contributed by atoms with Crippen LogP contribution >= 0.6 is 24.8 Å². The molecule has 1 aliphatic carbocycles. The van der Waals surface area contributed by atoms with Crippen LogP contribution in [0.4, 0.5) is 5.69 Å². The summed E-state index contributed by atoms with van der Waals surface area (Å²) >= 11 is -0.391. The van der Waals surface area contributed by atoms with Gasteiger partial charge in [-0.05, 0) is 0 Å². The minimum atomic E-state index is -0.391. The number of benzene rings is 2. The number of hydrogen-bond donors (Lipinski definition) is 1. The largest absolute Gasteiger partial charge is 0.147 e. The molecule has 1 N–H and O–H groups in total. The third-order valence-corrected chi connectivity index (χ3v) is 7.36. The molecule has 0 saturated heterocycles. The first-order chi connectivity index (χ1) is 11.9. The zero-order valence-corrected chi connectivity index (χ0v) is 19.9. The Morgan fingerprint density at radius 3 is 2.00 bits per heavy atom. The maximum atomic E-state index is 3.73. The fourth-order valence-electron chi connectivity index (χ4n) is 3.48. The first-order valence-corrected chi connectivity index (χ1v) is 10.5. The molecule has 2 aromatic rings. The van der Waals surface area contributed by atoms with E-state index >= 15 is 0 Å². The van der Waals surface area contributed by atoms with E-state index < -0.39 is 19.4 Å². The first-order valence-electron chi connectivity index (χ1n) is 8.95. The predicted molar refractivity (Wildman–Crippen MR) is 120 cm³/mol. The average molecular weight is 438 g/mol. The predicted octanol–water partition coefficient (Wildman–Crippen LogP) is 7.39. The number of rotatable bonds is 5. The summed E-state index contributed by atoms with van der Waals surface area (Å²) in [6.45, 7) is 11.6. The van der Waals surface area contributed by atoms with Gasteiger partial charge in [-0.1, -0.05) is 0 Å². The van der Waals surface area contributed by atoms with Crippen molar-refractivity contribution in [3.63, 3.8) is 0 Å². The molecule has 1 nitrogen and oxygen atoms in total. The van der Waals surface area contributed by atoms with Crippen LogP contribution in [0.3, 0.4) is 0 Å². The number of anilines is 1. The molecule has 0 bridgehead atoms. The Morgan fingerprint density at radius 1 is 0.815 bits per heavy atom. The molecule has 0 amide bonds. The van der Waals surface area contributed by atoms with Gasteiger partial charge in [-0.2, -0.15) is 0 Å². The zero-order valence-electron chi connectivity index (χ0n) is 16.7. The fourth-order valence-corrected chi connectivity index (χ4v) is 5.01. The number of nitrogens with one attached hydrogen (secondary N) is 1. The maximum Gasteiger partial charge on any atom is -0.147 e. The Balaban J connectivity index is 0.00000182. The van der Waals surface area contributed by atoms with Gasteiger partial charge in [-0.3, -0.25) is 0 Å². The molecule has 0 unspecified atom stereocenters. The molecule has 1 aliphatic rings.